The molecule has 2 saturated heterocycles. The number of hydrogen-bond acceptors (Lipinski definition) is 4. The highest BCUT2D eigenvalue weighted by Gasteiger charge is 2.36. The van der Waals surface area contributed by atoms with Gasteiger partial charge in [0, 0.05) is 33.2 Å². The van der Waals surface area contributed by atoms with Crippen LogP contribution in [0.3, 0.4) is 0 Å². The Morgan fingerprint density at radius 2 is 2.19 bits per heavy atom. The Kier molecular flexibility index (Phi) is 5.22. The van der Waals surface area contributed by atoms with Gasteiger partial charge in [0.2, 0.25) is 11.8 Å². The van der Waals surface area contributed by atoms with Gasteiger partial charge in [-0.1, -0.05) is 0 Å². The second kappa shape index (κ2) is 6.75. The second-order valence-electron chi connectivity index (χ2n) is 6.50. The zero-order valence-electron chi connectivity index (χ0n) is 13.3. The number of morpholine rings is 1. The highest BCUT2D eigenvalue weighted by atomic mass is 16.5. The van der Waals surface area contributed by atoms with Crippen molar-refractivity contribution in [2.75, 3.05) is 39.9 Å². The predicted octanol–water partition coefficient (Wildman–Crippen LogP) is 0.651. The number of likely N-dealkylation sites (tertiary alicyclic amines) is 1. The maximum Gasteiger partial charge on any atom is 0.242 e. The number of ether oxygens (including phenoxy) is 2. The van der Waals surface area contributed by atoms with Crippen LogP contribution in [0.15, 0.2) is 0 Å². The lowest BCUT2D eigenvalue weighted by molar-refractivity contribution is -0.170. The van der Waals surface area contributed by atoms with Crippen molar-refractivity contribution in [3.05, 3.63) is 0 Å². The van der Waals surface area contributed by atoms with Gasteiger partial charge in [-0.15, -0.1) is 0 Å². The van der Waals surface area contributed by atoms with Crippen molar-refractivity contribution in [3.8, 4) is 0 Å². The van der Waals surface area contributed by atoms with Crippen LogP contribution in [0, 0.1) is 0 Å². The minimum absolute atomic E-state index is 0.00253. The van der Waals surface area contributed by atoms with Gasteiger partial charge in [-0.05, 0) is 26.7 Å². The summed E-state index contributed by atoms with van der Waals surface area (Å²) in [6, 6.07) is 0. The molecule has 2 aliphatic heterocycles. The van der Waals surface area contributed by atoms with Crippen LogP contribution in [0.5, 0.6) is 0 Å². The van der Waals surface area contributed by atoms with Gasteiger partial charge in [0.05, 0.1) is 24.9 Å². The lowest BCUT2D eigenvalue weighted by Crippen LogP contribution is -2.57. The van der Waals surface area contributed by atoms with E-state index in [1.165, 1.54) is 0 Å². The molecule has 0 aromatic heterocycles. The Balaban J connectivity index is 1.95. The van der Waals surface area contributed by atoms with E-state index in [1.54, 1.807) is 16.9 Å². The van der Waals surface area contributed by atoms with E-state index in [4.69, 9.17) is 9.47 Å². The van der Waals surface area contributed by atoms with E-state index in [0.717, 1.165) is 12.8 Å². The molecule has 21 heavy (non-hydrogen) atoms. The summed E-state index contributed by atoms with van der Waals surface area (Å²) >= 11 is 0. The van der Waals surface area contributed by atoms with Crippen LogP contribution in [0.25, 0.3) is 0 Å². The van der Waals surface area contributed by atoms with Gasteiger partial charge in [-0.3, -0.25) is 9.59 Å². The fourth-order valence-electron chi connectivity index (χ4n) is 3.05. The molecule has 0 aliphatic carbocycles. The lowest BCUT2D eigenvalue weighted by atomic mass is 10.0. The molecule has 2 heterocycles. The van der Waals surface area contributed by atoms with E-state index in [2.05, 4.69) is 0 Å². The third-order valence-corrected chi connectivity index (χ3v) is 3.93. The maximum absolute atomic E-state index is 12.5. The van der Waals surface area contributed by atoms with E-state index in [9.17, 15) is 9.59 Å². The zero-order chi connectivity index (χ0) is 15.5. The molecule has 1 unspecified atom stereocenters. The van der Waals surface area contributed by atoms with Crippen LogP contribution >= 0.6 is 0 Å². The van der Waals surface area contributed by atoms with Crippen LogP contribution in [-0.4, -0.2) is 73.2 Å². The average Bonchev–Trinajstić information content (AvgIpc) is 2.40. The van der Waals surface area contributed by atoms with E-state index < -0.39 is 0 Å². The van der Waals surface area contributed by atoms with E-state index >= 15 is 0 Å². The van der Waals surface area contributed by atoms with Crippen LogP contribution in [0.2, 0.25) is 0 Å². The fraction of sp³-hybridized carbons (Fsp3) is 0.867. The molecule has 0 aromatic rings. The van der Waals surface area contributed by atoms with Crippen molar-refractivity contribution in [2.45, 2.75) is 44.8 Å². The number of amides is 2. The Morgan fingerprint density at radius 3 is 2.86 bits per heavy atom. The van der Waals surface area contributed by atoms with Gasteiger partial charge >= 0.3 is 0 Å². The fourth-order valence-corrected chi connectivity index (χ4v) is 3.05. The molecule has 0 bridgehead atoms. The van der Waals surface area contributed by atoms with Crippen LogP contribution in [0.1, 0.15) is 33.1 Å². The maximum atomic E-state index is 12.5. The molecule has 0 radical (unpaired) electrons. The normalized spacial score (nSPS) is 26.0. The summed E-state index contributed by atoms with van der Waals surface area (Å²) in [4.78, 5) is 27.8. The first-order valence-corrected chi connectivity index (χ1v) is 7.63. The zero-order valence-corrected chi connectivity index (χ0v) is 13.3. The average molecular weight is 298 g/mol. The molecule has 0 saturated carbocycles. The summed E-state index contributed by atoms with van der Waals surface area (Å²) in [7, 11) is 1.63. The molecule has 0 N–H and O–H groups in total. The first kappa shape index (κ1) is 16.2. The quantitative estimate of drug-likeness (QED) is 0.765. The first-order valence-electron chi connectivity index (χ1n) is 7.63. The Hall–Kier alpha value is -1.14. The number of nitrogens with zero attached hydrogens (tertiary/aromatic N) is 2. The molecular formula is C15H26N2O4. The van der Waals surface area contributed by atoms with Gasteiger partial charge in [-0.2, -0.15) is 0 Å². The Morgan fingerprint density at radius 1 is 1.43 bits per heavy atom. The topological polar surface area (TPSA) is 59.1 Å². The number of methoxy groups -OCH3 is 1. The molecule has 6 nitrogen and oxygen atoms in total. The SMILES string of the molecule is COCC1CN(C(=O)CN2CCCCC2=O)CC(C)(C)O1. The Bertz CT molecular complexity index is 397. The largest absolute Gasteiger partial charge is 0.382 e. The van der Waals surface area contributed by atoms with Gasteiger partial charge in [-0.25, -0.2) is 0 Å². The van der Waals surface area contributed by atoms with Gasteiger partial charge < -0.3 is 19.3 Å². The molecule has 120 valence electrons. The standard InChI is InChI=1S/C15H26N2O4/c1-15(2)11-17(8-12(21-15)10-20-3)14(19)9-16-7-5-4-6-13(16)18/h12H,4-11H2,1-3H3. The molecule has 1 atom stereocenters. The smallest absolute Gasteiger partial charge is 0.242 e. The molecule has 6 heteroatoms. The molecule has 2 rings (SSSR count). The monoisotopic (exact) mass is 298 g/mol. The van der Waals surface area contributed by atoms with E-state index in [-0.39, 0.29) is 30.1 Å². The predicted molar refractivity (Wildman–Crippen MR) is 77.8 cm³/mol. The van der Waals surface area contributed by atoms with Crippen molar-refractivity contribution in [1.29, 1.82) is 0 Å². The number of hydrogen-bond donors (Lipinski definition) is 0. The second-order valence-corrected chi connectivity index (χ2v) is 6.50. The summed E-state index contributed by atoms with van der Waals surface area (Å²) in [5.41, 5.74) is -0.386. The van der Waals surface area contributed by atoms with Crippen molar-refractivity contribution in [2.24, 2.45) is 0 Å². The van der Waals surface area contributed by atoms with Gasteiger partial charge in [0.25, 0.3) is 0 Å². The summed E-state index contributed by atoms with van der Waals surface area (Å²) in [5, 5.41) is 0. The number of carbonyl (C=O) groups is 2. The van der Waals surface area contributed by atoms with Crippen molar-refractivity contribution < 1.29 is 19.1 Å². The van der Waals surface area contributed by atoms with Crippen molar-refractivity contribution in [1.82, 2.24) is 9.80 Å². The third-order valence-electron chi connectivity index (χ3n) is 3.93. The lowest BCUT2D eigenvalue weighted by Gasteiger charge is -2.43. The van der Waals surface area contributed by atoms with Gasteiger partial charge in [0.15, 0.2) is 0 Å². The van der Waals surface area contributed by atoms with E-state index in [0.29, 0.717) is 32.7 Å². The van der Waals surface area contributed by atoms with Crippen LogP contribution in [0.4, 0.5) is 0 Å². The number of piperidine rings is 1. The number of carbonyl (C=O) groups excluding carboxylic acids is 2. The molecule has 0 aromatic carbocycles. The van der Waals surface area contributed by atoms with Crippen LogP contribution < -0.4 is 0 Å². The van der Waals surface area contributed by atoms with Crippen molar-refractivity contribution >= 4 is 11.8 Å². The molecule has 2 fully saturated rings. The van der Waals surface area contributed by atoms with Crippen molar-refractivity contribution in [3.63, 3.8) is 0 Å². The van der Waals surface area contributed by atoms with Gasteiger partial charge in [0.1, 0.15) is 0 Å². The van der Waals surface area contributed by atoms with E-state index in [1.807, 2.05) is 13.8 Å². The summed E-state index contributed by atoms with van der Waals surface area (Å²) in [6.07, 6.45) is 2.37. The molecule has 0 spiro atoms. The summed E-state index contributed by atoms with van der Waals surface area (Å²) in [5.74, 6) is 0.0956. The first-order chi connectivity index (χ1) is 9.91. The third kappa shape index (κ3) is 4.41. The van der Waals surface area contributed by atoms with Crippen LogP contribution in [-0.2, 0) is 19.1 Å². The highest BCUT2D eigenvalue weighted by molar-refractivity contribution is 5.85. The minimum Gasteiger partial charge on any atom is -0.382 e. The summed E-state index contributed by atoms with van der Waals surface area (Å²) < 4.78 is 11.0. The highest BCUT2D eigenvalue weighted by Crippen LogP contribution is 2.22. The Labute approximate surface area is 126 Å². The number of rotatable bonds is 4. The summed E-state index contributed by atoms with van der Waals surface area (Å²) in [6.45, 7) is 6.37. The molecule has 2 aliphatic rings. The minimum atomic E-state index is -0.386. The molecular weight excluding hydrogens is 272 g/mol. The molecule has 2 amide bonds.